The summed E-state index contributed by atoms with van der Waals surface area (Å²) in [4.78, 5) is 14.2. The first-order valence-electron chi connectivity index (χ1n) is 6.52. The second-order valence-corrected chi connectivity index (χ2v) is 5.80. The van der Waals surface area contributed by atoms with Crippen LogP contribution in [0.2, 0.25) is 0 Å². The molecule has 0 aliphatic rings. The number of carbonyl (C=O) groups is 1. The van der Waals surface area contributed by atoms with Crippen LogP contribution in [0.3, 0.4) is 0 Å². The van der Waals surface area contributed by atoms with E-state index in [1.54, 1.807) is 24.5 Å². The van der Waals surface area contributed by atoms with Gasteiger partial charge in [0.25, 0.3) is 5.91 Å². The number of hydrogen-bond donors (Lipinski definition) is 2. The maximum Gasteiger partial charge on any atom is 0.251 e. The van der Waals surface area contributed by atoms with E-state index >= 15 is 0 Å². The molecule has 1 aromatic heterocycles. The van der Waals surface area contributed by atoms with E-state index in [1.807, 2.05) is 31.1 Å². The lowest BCUT2D eigenvalue weighted by Crippen LogP contribution is -2.34. The number of halogens is 1. The van der Waals surface area contributed by atoms with Crippen molar-refractivity contribution in [3.05, 3.63) is 52.4 Å². The largest absolute Gasteiger partial charge is 0.468 e. The molecule has 1 aromatic carbocycles. The summed E-state index contributed by atoms with van der Waals surface area (Å²) in [5.74, 6) is 0.674. The molecular formula is C15H18BrN3O2. The SMILES string of the molecule is CN(C)C(CNC(=O)c1ccc(N)c(Br)c1)c1ccco1. The Morgan fingerprint density at radius 2 is 2.19 bits per heavy atom. The predicted octanol–water partition coefficient (Wildman–Crippen LogP) is 2.66. The maximum absolute atomic E-state index is 12.2. The predicted molar refractivity (Wildman–Crippen MR) is 86.0 cm³/mol. The van der Waals surface area contributed by atoms with Crippen LogP contribution < -0.4 is 11.1 Å². The van der Waals surface area contributed by atoms with Crippen LogP contribution in [0.1, 0.15) is 22.2 Å². The van der Waals surface area contributed by atoms with E-state index < -0.39 is 0 Å². The molecule has 0 fully saturated rings. The molecule has 1 unspecified atom stereocenters. The molecule has 0 bridgehead atoms. The number of likely N-dealkylation sites (N-methyl/N-ethyl adjacent to an activating group) is 1. The van der Waals surface area contributed by atoms with Crippen LogP contribution in [-0.2, 0) is 0 Å². The van der Waals surface area contributed by atoms with E-state index in [0.29, 0.717) is 22.3 Å². The number of nitrogens with one attached hydrogen (secondary N) is 1. The van der Waals surface area contributed by atoms with E-state index in [0.717, 1.165) is 5.76 Å². The summed E-state index contributed by atoms with van der Waals surface area (Å²) in [5.41, 5.74) is 6.89. The molecule has 0 spiro atoms. The van der Waals surface area contributed by atoms with Gasteiger partial charge in [-0.25, -0.2) is 0 Å². The summed E-state index contributed by atoms with van der Waals surface area (Å²) in [6, 6.07) is 8.84. The number of nitrogens with zero attached hydrogens (tertiary/aromatic N) is 1. The molecular weight excluding hydrogens is 334 g/mol. The third-order valence-corrected chi connectivity index (χ3v) is 3.90. The molecule has 21 heavy (non-hydrogen) atoms. The standard InChI is InChI=1S/C15H18BrN3O2/c1-19(2)13(14-4-3-7-21-14)9-18-15(20)10-5-6-12(17)11(16)8-10/h3-8,13H,9,17H2,1-2H3,(H,18,20). The van der Waals surface area contributed by atoms with Gasteiger partial charge >= 0.3 is 0 Å². The summed E-state index contributed by atoms with van der Waals surface area (Å²) < 4.78 is 6.13. The second-order valence-electron chi connectivity index (χ2n) is 4.94. The first kappa shape index (κ1) is 15.6. The van der Waals surface area contributed by atoms with Crippen molar-refractivity contribution in [3.8, 4) is 0 Å². The Hall–Kier alpha value is -1.79. The molecule has 5 nitrogen and oxygen atoms in total. The highest BCUT2D eigenvalue weighted by atomic mass is 79.9. The highest BCUT2D eigenvalue weighted by Gasteiger charge is 2.18. The normalized spacial score (nSPS) is 12.4. The number of furan rings is 1. The molecule has 0 aliphatic heterocycles. The van der Waals surface area contributed by atoms with Crippen molar-refractivity contribution in [3.63, 3.8) is 0 Å². The molecule has 2 aromatic rings. The van der Waals surface area contributed by atoms with Crippen molar-refractivity contribution < 1.29 is 9.21 Å². The molecule has 0 saturated carbocycles. The Bertz CT molecular complexity index is 611. The highest BCUT2D eigenvalue weighted by molar-refractivity contribution is 9.10. The fraction of sp³-hybridized carbons (Fsp3) is 0.267. The molecule has 1 heterocycles. The van der Waals surface area contributed by atoms with Crippen LogP contribution in [-0.4, -0.2) is 31.4 Å². The van der Waals surface area contributed by atoms with Gasteiger partial charge in [-0.2, -0.15) is 0 Å². The lowest BCUT2D eigenvalue weighted by Gasteiger charge is -2.22. The molecule has 0 aliphatic carbocycles. The minimum absolute atomic E-state index is 0.0128. The molecule has 1 atom stereocenters. The van der Waals surface area contributed by atoms with Crippen LogP contribution in [0.15, 0.2) is 45.5 Å². The smallest absolute Gasteiger partial charge is 0.251 e. The fourth-order valence-corrected chi connectivity index (χ4v) is 2.36. The van der Waals surface area contributed by atoms with E-state index in [1.165, 1.54) is 0 Å². The van der Waals surface area contributed by atoms with E-state index in [2.05, 4.69) is 21.2 Å². The Balaban J connectivity index is 2.03. The van der Waals surface area contributed by atoms with Gasteiger partial charge in [-0.15, -0.1) is 0 Å². The number of anilines is 1. The average molecular weight is 352 g/mol. The van der Waals surface area contributed by atoms with Gasteiger partial charge in [0.1, 0.15) is 5.76 Å². The molecule has 3 N–H and O–H groups in total. The molecule has 2 rings (SSSR count). The minimum atomic E-state index is -0.144. The average Bonchev–Trinajstić information content (AvgIpc) is 2.95. The zero-order chi connectivity index (χ0) is 15.4. The van der Waals surface area contributed by atoms with Crippen LogP contribution in [0.5, 0.6) is 0 Å². The first-order chi connectivity index (χ1) is 9.99. The van der Waals surface area contributed by atoms with Gasteiger partial charge in [0.2, 0.25) is 0 Å². The summed E-state index contributed by atoms with van der Waals surface area (Å²) in [6.45, 7) is 0.460. The first-order valence-corrected chi connectivity index (χ1v) is 7.31. The van der Waals surface area contributed by atoms with Gasteiger partial charge in [0.15, 0.2) is 0 Å². The Morgan fingerprint density at radius 1 is 1.43 bits per heavy atom. The number of nitrogen functional groups attached to an aromatic ring is 1. The maximum atomic E-state index is 12.2. The number of rotatable bonds is 5. The number of nitrogens with two attached hydrogens (primary N) is 1. The molecule has 1 amide bonds. The van der Waals surface area contributed by atoms with Crippen LogP contribution >= 0.6 is 15.9 Å². The Labute approximate surface area is 132 Å². The van der Waals surface area contributed by atoms with Gasteiger partial charge in [-0.3, -0.25) is 9.69 Å². The van der Waals surface area contributed by atoms with Gasteiger partial charge in [0.05, 0.1) is 12.3 Å². The quantitative estimate of drug-likeness (QED) is 0.812. The second kappa shape index (κ2) is 6.78. The summed E-state index contributed by atoms with van der Waals surface area (Å²) in [6.07, 6.45) is 1.63. The van der Waals surface area contributed by atoms with Gasteiger partial charge in [0, 0.05) is 22.3 Å². The monoisotopic (exact) mass is 351 g/mol. The summed E-state index contributed by atoms with van der Waals surface area (Å²) in [7, 11) is 3.89. The van der Waals surface area contributed by atoms with Crippen molar-refractivity contribution in [1.29, 1.82) is 0 Å². The van der Waals surface area contributed by atoms with Gasteiger partial charge < -0.3 is 15.5 Å². The molecule has 0 saturated heterocycles. The van der Waals surface area contributed by atoms with Crippen molar-refractivity contribution >= 4 is 27.5 Å². The number of carbonyl (C=O) groups excluding carboxylic acids is 1. The van der Waals surface area contributed by atoms with Gasteiger partial charge in [-0.05, 0) is 60.4 Å². The zero-order valence-electron chi connectivity index (χ0n) is 12.0. The Morgan fingerprint density at radius 3 is 2.76 bits per heavy atom. The molecule has 0 radical (unpaired) electrons. The van der Waals surface area contributed by atoms with Gasteiger partial charge in [-0.1, -0.05) is 0 Å². The fourth-order valence-electron chi connectivity index (χ4n) is 1.98. The van der Waals surface area contributed by atoms with Crippen LogP contribution in [0, 0.1) is 0 Å². The molecule has 6 heteroatoms. The van der Waals surface area contributed by atoms with E-state index in [-0.39, 0.29) is 11.9 Å². The third-order valence-electron chi connectivity index (χ3n) is 3.21. The minimum Gasteiger partial charge on any atom is -0.468 e. The molecule has 112 valence electrons. The van der Waals surface area contributed by atoms with Crippen molar-refractivity contribution in [2.75, 3.05) is 26.4 Å². The van der Waals surface area contributed by atoms with Crippen LogP contribution in [0.25, 0.3) is 0 Å². The number of benzene rings is 1. The van der Waals surface area contributed by atoms with Crippen molar-refractivity contribution in [2.45, 2.75) is 6.04 Å². The van der Waals surface area contributed by atoms with Crippen molar-refractivity contribution in [1.82, 2.24) is 10.2 Å². The van der Waals surface area contributed by atoms with E-state index in [4.69, 9.17) is 10.2 Å². The zero-order valence-corrected chi connectivity index (χ0v) is 13.6. The lowest BCUT2D eigenvalue weighted by atomic mass is 10.1. The Kier molecular flexibility index (Phi) is 5.03. The highest BCUT2D eigenvalue weighted by Crippen LogP contribution is 2.21. The van der Waals surface area contributed by atoms with E-state index in [9.17, 15) is 4.79 Å². The number of hydrogen-bond acceptors (Lipinski definition) is 4. The summed E-state index contributed by atoms with van der Waals surface area (Å²) >= 11 is 3.32. The lowest BCUT2D eigenvalue weighted by molar-refractivity contribution is 0.0939. The number of amides is 1. The topological polar surface area (TPSA) is 71.5 Å². The third kappa shape index (κ3) is 3.86. The van der Waals surface area contributed by atoms with Crippen LogP contribution in [0.4, 0.5) is 5.69 Å². The van der Waals surface area contributed by atoms with Crippen molar-refractivity contribution in [2.24, 2.45) is 0 Å². The summed E-state index contributed by atoms with van der Waals surface area (Å²) in [5, 5.41) is 2.91.